The molecule has 6 nitrogen and oxygen atoms in total. The van der Waals surface area contributed by atoms with Crippen LogP contribution in [0.5, 0.6) is 0 Å². The van der Waals surface area contributed by atoms with E-state index in [-0.39, 0.29) is 17.7 Å². The van der Waals surface area contributed by atoms with Gasteiger partial charge in [-0.2, -0.15) is 0 Å². The molecule has 2 fully saturated rings. The lowest BCUT2D eigenvalue weighted by Gasteiger charge is -2.21. The average molecular weight is 433 g/mol. The highest BCUT2D eigenvalue weighted by Crippen LogP contribution is 2.34. The monoisotopic (exact) mass is 432 g/mol. The van der Waals surface area contributed by atoms with Crippen LogP contribution in [0.3, 0.4) is 0 Å². The summed E-state index contributed by atoms with van der Waals surface area (Å²) in [5, 5.41) is 0. The molecule has 1 aromatic heterocycles. The first kappa shape index (κ1) is 21.1. The zero-order chi connectivity index (χ0) is 22.1. The van der Waals surface area contributed by atoms with Crippen LogP contribution in [0.25, 0.3) is 0 Å². The lowest BCUT2D eigenvalue weighted by Crippen LogP contribution is -2.33. The Morgan fingerprint density at radius 2 is 1.88 bits per heavy atom. The molecule has 0 N–H and O–H groups in total. The van der Waals surface area contributed by atoms with Gasteiger partial charge >= 0.3 is 0 Å². The van der Waals surface area contributed by atoms with E-state index in [1.165, 1.54) is 18.4 Å². The van der Waals surface area contributed by atoms with E-state index in [1.807, 2.05) is 22.8 Å². The van der Waals surface area contributed by atoms with Crippen LogP contribution in [-0.2, 0) is 22.4 Å². The summed E-state index contributed by atoms with van der Waals surface area (Å²) >= 11 is 0. The smallest absolute Gasteiger partial charge is 0.232 e. The van der Waals surface area contributed by atoms with Crippen molar-refractivity contribution in [2.24, 2.45) is 5.92 Å². The van der Waals surface area contributed by atoms with E-state index >= 15 is 0 Å². The van der Waals surface area contributed by atoms with Crippen LogP contribution in [0.2, 0.25) is 0 Å². The van der Waals surface area contributed by atoms with Crippen LogP contribution < -0.4 is 4.90 Å². The van der Waals surface area contributed by atoms with Crippen LogP contribution in [0.1, 0.15) is 67.1 Å². The predicted octanol–water partition coefficient (Wildman–Crippen LogP) is 3.81. The largest absolute Gasteiger partial charge is 0.342 e. The average Bonchev–Trinajstić information content (AvgIpc) is 3.55. The minimum atomic E-state index is 0.118. The highest BCUT2D eigenvalue weighted by atomic mass is 16.2. The van der Waals surface area contributed by atoms with Crippen LogP contribution in [0, 0.1) is 12.8 Å². The number of hydrogen-bond acceptors (Lipinski definition) is 4. The quantitative estimate of drug-likeness (QED) is 0.696. The van der Waals surface area contributed by atoms with Gasteiger partial charge in [-0.25, -0.2) is 9.97 Å². The highest BCUT2D eigenvalue weighted by Gasteiger charge is 2.36. The number of nitrogens with zero attached hydrogens (tertiary/aromatic N) is 4. The first-order valence-corrected chi connectivity index (χ1v) is 12.1. The summed E-state index contributed by atoms with van der Waals surface area (Å²) in [4.78, 5) is 39.2. The van der Waals surface area contributed by atoms with Gasteiger partial charge in [0.15, 0.2) is 0 Å². The van der Waals surface area contributed by atoms with Gasteiger partial charge in [-0.1, -0.05) is 43.2 Å². The van der Waals surface area contributed by atoms with Crippen molar-refractivity contribution in [3.05, 3.63) is 53.0 Å². The van der Waals surface area contributed by atoms with Gasteiger partial charge in [0.1, 0.15) is 11.6 Å². The van der Waals surface area contributed by atoms with Crippen molar-refractivity contribution in [3.8, 4) is 0 Å². The van der Waals surface area contributed by atoms with Gasteiger partial charge < -0.3 is 4.90 Å². The Morgan fingerprint density at radius 3 is 2.66 bits per heavy atom. The molecule has 0 bridgehead atoms. The minimum absolute atomic E-state index is 0.118. The summed E-state index contributed by atoms with van der Waals surface area (Å²) in [6.07, 6.45) is 7.56. The van der Waals surface area contributed by atoms with E-state index < -0.39 is 0 Å². The number of anilines is 1. The molecule has 0 spiro atoms. The molecule has 1 unspecified atom stereocenters. The van der Waals surface area contributed by atoms with Gasteiger partial charge in [-0.05, 0) is 44.6 Å². The Balaban J connectivity index is 1.28. The minimum Gasteiger partial charge on any atom is -0.342 e. The summed E-state index contributed by atoms with van der Waals surface area (Å²) in [7, 11) is 0. The SMILES string of the molecule is Cc1nc(C2CCN(C(=O)C3CCCC3)C2)nc2c1CC(=O)N2CCCc1ccccc1. The van der Waals surface area contributed by atoms with E-state index in [9.17, 15) is 9.59 Å². The highest BCUT2D eigenvalue weighted by molar-refractivity contribution is 6.00. The Kier molecular flexibility index (Phi) is 5.94. The maximum Gasteiger partial charge on any atom is 0.232 e. The number of amides is 2. The van der Waals surface area contributed by atoms with E-state index in [2.05, 4.69) is 24.3 Å². The summed E-state index contributed by atoms with van der Waals surface area (Å²) in [6, 6.07) is 10.4. The maximum atomic E-state index is 12.8. The third kappa shape index (κ3) is 4.15. The number of carbonyl (C=O) groups is 2. The van der Waals surface area contributed by atoms with Crippen molar-refractivity contribution in [2.75, 3.05) is 24.5 Å². The van der Waals surface area contributed by atoms with Crippen molar-refractivity contribution in [1.82, 2.24) is 14.9 Å². The molecule has 1 saturated carbocycles. The van der Waals surface area contributed by atoms with E-state index in [0.717, 1.165) is 61.5 Å². The van der Waals surface area contributed by atoms with Crippen molar-refractivity contribution in [2.45, 2.75) is 64.2 Å². The van der Waals surface area contributed by atoms with Crippen molar-refractivity contribution < 1.29 is 9.59 Å². The summed E-state index contributed by atoms with van der Waals surface area (Å²) in [5.74, 6) is 2.41. The number of rotatable bonds is 6. The molecule has 2 aliphatic heterocycles. The lowest BCUT2D eigenvalue weighted by atomic mass is 10.1. The molecule has 2 amide bonds. The molecular weight excluding hydrogens is 400 g/mol. The number of hydrogen-bond donors (Lipinski definition) is 0. The van der Waals surface area contributed by atoms with E-state index in [4.69, 9.17) is 9.97 Å². The molecule has 5 rings (SSSR count). The first-order valence-electron chi connectivity index (χ1n) is 12.1. The number of carbonyl (C=O) groups excluding carboxylic acids is 2. The third-order valence-electron chi connectivity index (χ3n) is 7.35. The number of aromatic nitrogens is 2. The number of benzene rings is 1. The molecule has 1 atom stereocenters. The third-order valence-corrected chi connectivity index (χ3v) is 7.35. The van der Waals surface area contributed by atoms with Gasteiger partial charge in [-0.3, -0.25) is 14.5 Å². The van der Waals surface area contributed by atoms with Gasteiger partial charge in [0.25, 0.3) is 0 Å². The second-order valence-electron chi connectivity index (χ2n) is 9.53. The van der Waals surface area contributed by atoms with E-state index in [1.54, 1.807) is 0 Å². The maximum absolute atomic E-state index is 12.8. The summed E-state index contributed by atoms with van der Waals surface area (Å²) in [6.45, 7) is 4.16. The topological polar surface area (TPSA) is 66.4 Å². The fourth-order valence-corrected chi connectivity index (χ4v) is 5.50. The van der Waals surface area contributed by atoms with Crippen molar-refractivity contribution in [3.63, 3.8) is 0 Å². The summed E-state index contributed by atoms with van der Waals surface area (Å²) in [5.41, 5.74) is 3.16. The molecule has 168 valence electrons. The molecule has 2 aromatic rings. The molecule has 3 aliphatic rings. The second kappa shape index (κ2) is 9.00. The fraction of sp³-hybridized carbons (Fsp3) is 0.538. The number of aryl methyl sites for hydroxylation is 2. The molecule has 1 aromatic carbocycles. The van der Waals surface area contributed by atoms with Gasteiger partial charge in [0.05, 0.1) is 6.42 Å². The molecule has 6 heteroatoms. The van der Waals surface area contributed by atoms with E-state index in [0.29, 0.717) is 25.4 Å². The van der Waals surface area contributed by atoms with Crippen LogP contribution in [0.4, 0.5) is 5.82 Å². The van der Waals surface area contributed by atoms with Gasteiger partial charge in [0, 0.05) is 42.7 Å². The van der Waals surface area contributed by atoms with Gasteiger partial charge in [0.2, 0.25) is 11.8 Å². The number of fused-ring (bicyclic) bond motifs is 1. The molecule has 3 heterocycles. The van der Waals surface area contributed by atoms with Crippen LogP contribution in [0.15, 0.2) is 30.3 Å². The Labute approximate surface area is 190 Å². The normalized spacial score (nSPS) is 20.9. The molecule has 1 saturated heterocycles. The summed E-state index contributed by atoms with van der Waals surface area (Å²) < 4.78 is 0. The van der Waals surface area contributed by atoms with Crippen molar-refractivity contribution in [1.29, 1.82) is 0 Å². The Hall–Kier alpha value is -2.76. The Bertz CT molecular complexity index is 1000. The number of likely N-dealkylation sites (tertiary alicyclic amines) is 1. The zero-order valence-electron chi connectivity index (χ0n) is 18.9. The Morgan fingerprint density at radius 1 is 1.09 bits per heavy atom. The fourth-order valence-electron chi connectivity index (χ4n) is 5.50. The van der Waals surface area contributed by atoms with Crippen LogP contribution in [-0.4, -0.2) is 46.3 Å². The molecule has 1 aliphatic carbocycles. The van der Waals surface area contributed by atoms with Gasteiger partial charge in [-0.15, -0.1) is 0 Å². The van der Waals surface area contributed by atoms with Crippen LogP contribution >= 0.6 is 0 Å². The zero-order valence-corrected chi connectivity index (χ0v) is 18.9. The first-order chi connectivity index (χ1) is 15.6. The molecular formula is C26H32N4O2. The molecule has 0 radical (unpaired) electrons. The van der Waals surface area contributed by atoms with Crippen molar-refractivity contribution >= 4 is 17.6 Å². The standard InChI is InChI=1S/C26H32N4O2/c1-18-22-16-23(31)30(14-7-10-19-8-3-2-4-9-19)25(22)28-24(27-18)21-13-15-29(17-21)26(32)20-11-5-6-12-20/h2-4,8-9,20-21H,5-7,10-17H2,1H3. The lowest BCUT2D eigenvalue weighted by molar-refractivity contribution is -0.134. The molecule has 32 heavy (non-hydrogen) atoms. The predicted molar refractivity (Wildman–Crippen MR) is 123 cm³/mol. The second-order valence-corrected chi connectivity index (χ2v) is 9.53.